The Bertz CT molecular complexity index is 493. The molecule has 1 aliphatic rings. The van der Waals surface area contributed by atoms with Crippen LogP contribution in [-0.2, 0) is 11.3 Å². The van der Waals surface area contributed by atoms with E-state index >= 15 is 0 Å². The van der Waals surface area contributed by atoms with E-state index in [1.54, 1.807) is 4.90 Å². The molecule has 0 aliphatic carbocycles. The van der Waals surface area contributed by atoms with Crippen molar-refractivity contribution in [1.29, 1.82) is 0 Å². The Balaban J connectivity index is 2.37. The van der Waals surface area contributed by atoms with E-state index in [1.165, 1.54) is 5.57 Å². The summed E-state index contributed by atoms with van der Waals surface area (Å²) in [6, 6.07) is 5.66. The maximum atomic E-state index is 12.1. The smallest absolute Gasteiger partial charge is 0.241 e. The van der Waals surface area contributed by atoms with Gasteiger partial charge < -0.3 is 10.2 Å². The molecular formula is C14H17ClN2O. The van der Waals surface area contributed by atoms with Gasteiger partial charge in [-0.05, 0) is 37.6 Å². The van der Waals surface area contributed by atoms with Crippen LogP contribution in [0.15, 0.2) is 29.8 Å². The fraction of sp³-hybridized carbons (Fsp3) is 0.357. The van der Waals surface area contributed by atoms with Crippen molar-refractivity contribution in [3.05, 3.63) is 40.4 Å². The molecule has 1 N–H and O–H groups in total. The Hall–Kier alpha value is -1.32. The number of carbonyl (C=O) groups is 1. The number of nitrogens with zero attached hydrogens (tertiary/aromatic N) is 1. The number of rotatable bonds is 2. The van der Waals surface area contributed by atoms with Crippen molar-refractivity contribution in [3.8, 4) is 0 Å². The molecule has 0 spiro atoms. The van der Waals surface area contributed by atoms with E-state index in [-0.39, 0.29) is 5.91 Å². The largest absolute Gasteiger partial charge is 0.307 e. The highest BCUT2D eigenvalue weighted by molar-refractivity contribution is 6.30. The molecule has 0 aromatic heterocycles. The first-order valence-electron chi connectivity index (χ1n) is 6.01. The fourth-order valence-corrected chi connectivity index (χ4v) is 2.16. The summed E-state index contributed by atoms with van der Waals surface area (Å²) in [4.78, 5) is 13.9. The topological polar surface area (TPSA) is 32.3 Å². The van der Waals surface area contributed by atoms with Crippen LogP contribution in [0.25, 0.3) is 0 Å². The lowest BCUT2D eigenvalue weighted by molar-refractivity contribution is -0.117. The molecule has 1 heterocycles. The van der Waals surface area contributed by atoms with Gasteiger partial charge in [-0.1, -0.05) is 23.3 Å². The summed E-state index contributed by atoms with van der Waals surface area (Å²) in [6.07, 6.45) is 2.06. The van der Waals surface area contributed by atoms with Crippen molar-refractivity contribution in [2.45, 2.75) is 20.4 Å². The van der Waals surface area contributed by atoms with Gasteiger partial charge in [0.05, 0.1) is 6.54 Å². The van der Waals surface area contributed by atoms with Crippen LogP contribution in [0.5, 0.6) is 0 Å². The highest BCUT2D eigenvalue weighted by atomic mass is 35.5. The van der Waals surface area contributed by atoms with Crippen LogP contribution in [0.1, 0.15) is 19.4 Å². The summed E-state index contributed by atoms with van der Waals surface area (Å²) in [5.41, 5.74) is 3.22. The normalized spacial score (nSPS) is 15.1. The van der Waals surface area contributed by atoms with Crippen molar-refractivity contribution in [1.82, 2.24) is 5.32 Å². The van der Waals surface area contributed by atoms with Crippen molar-refractivity contribution in [2.75, 3.05) is 18.0 Å². The Morgan fingerprint density at radius 2 is 2.22 bits per heavy atom. The second-order valence-electron chi connectivity index (χ2n) is 4.66. The number of amides is 1. The third-order valence-corrected chi connectivity index (χ3v) is 3.14. The van der Waals surface area contributed by atoms with Crippen molar-refractivity contribution >= 4 is 23.2 Å². The molecule has 1 aromatic carbocycles. The first-order valence-corrected chi connectivity index (χ1v) is 6.38. The third kappa shape index (κ3) is 2.92. The molecule has 0 atom stereocenters. The van der Waals surface area contributed by atoms with E-state index in [0.717, 1.165) is 11.3 Å². The Kier molecular flexibility index (Phi) is 4.04. The molecule has 1 aromatic rings. The fourth-order valence-electron chi connectivity index (χ4n) is 1.97. The molecule has 2 rings (SSSR count). The predicted molar refractivity (Wildman–Crippen MR) is 74.9 cm³/mol. The molecule has 18 heavy (non-hydrogen) atoms. The summed E-state index contributed by atoms with van der Waals surface area (Å²) < 4.78 is 0. The zero-order valence-corrected chi connectivity index (χ0v) is 11.4. The summed E-state index contributed by atoms with van der Waals surface area (Å²) >= 11 is 6.00. The number of anilines is 1. The molecule has 0 saturated carbocycles. The van der Waals surface area contributed by atoms with E-state index in [4.69, 9.17) is 11.6 Å². The molecule has 1 amide bonds. The molecule has 96 valence electrons. The molecule has 0 saturated heterocycles. The SMILES string of the molecule is CC(C)=CCN1C(=O)CNCc2cc(Cl)ccc21. The second-order valence-corrected chi connectivity index (χ2v) is 5.10. The number of carbonyl (C=O) groups excluding carboxylic acids is 1. The van der Waals surface area contributed by atoms with Gasteiger partial charge in [0, 0.05) is 23.8 Å². The molecule has 3 nitrogen and oxygen atoms in total. The van der Waals surface area contributed by atoms with Crippen LogP contribution in [-0.4, -0.2) is 19.0 Å². The van der Waals surface area contributed by atoms with Crippen LogP contribution >= 0.6 is 11.6 Å². The number of halogens is 1. The molecule has 0 unspecified atom stereocenters. The zero-order valence-electron chi connectivity index (χ0n) is 10.7. The highest BCUT2D eigenvalue weighted by Gasteiger charge is 2.20. The maximum absolute atomic E-state index is 12.1. The van der Waals surface area contributed by atoms with Gasteiger partial charge in [-0.25, -0.2) is 0 Å². The number of benzene rings is 1. The Morgan fingerprint density at radius 3 is 2.94 bits per heavy atom. The average molecular weight is 265 g/mol. The van der Waals surface area contributed by atoms with Gasteiger partial charge >= 0.3 is 0 Å². The second kappa shape index (κ2) is 5.55. The third-order valence-electron chi connectivity index (χ3n) is 2.91. The molecule has 4 heteroatoms. The molecule has 1 aliphatic heterocycles. The van der Waals surface area contributed by atoms with E-state index in [1.807, 2.05) is 32.0 Å². The molecule has 0 bridgehead atoms. The number of hydrogen-bond acceptors (Lipinski definition) is 2. The zero-order chi connectivity index (χ0) is 13.1. The monoisotopic (exact) mass is 264 g/mol. The maximum Gasteiger partial charge on any atom is 0.241 e. The van der Waals surface area contributed by atoms with Gasteiger partial charge in [0.1, 0.15) is 0 Å². The lowest BCUT2D eigenvalue weighted by atomic mass is 10.1. The number of allylic oxidation sites excluding steroid dienone is 1. The van der Waals surface area contributed by atoms with Crippen molar-refractivity contribution in [3.63, 3.8) is 0 Å². The minimum atomic E-state index is 0.0913. The lowest BCUT2D eigenvalue weighted by Crippen LogP contribution is -2.35. The van der Waals surface area contributed by atoms with Crippen LogP contribution < -0.4 is 10.2 Å². The van der Waals surface area contributed by atoms with Gasteiger partial charge in [-0.15, -0.1) is 0 Å². The minimum Gasteiger partial charge on any atom is -0.307 e. The van der Waals surface area contributed by atoms with Gasteiger partial charge in [-0.3, -0.25) is 4.79 Å². The van der Waals surface area contributed by atoms with Gasteiger partial charge in [0.25, 0.3) is 0 Å². The predicted octanol–water partition coefficient (Wildman–Crippen LogP) is 2.74. The number of hydrogen-bond donors (Lipinski definition) is 1. The summed E-state index contributed by atoms with van der Waals surface area (Å²) in [6.45, 7) is 5.71. The molecule has 0 radical (unpaired) electrons. The van der Waals surface area contributed by atoms with Crippen LogP contribution in [0, 0.1) is 0 Å². The van der Waals surface area contributed by atoms with Crippen molar-refractivity contribution in [2.24, 2.45) is 0 Å². The average Bonchev–Trinajstić information content (AvgIpc) is 2.45. The summed E-state index contributed by atoms with van der Waals surface area (Å²) in [7, 11) is 0. The first-order chi connectivity index (χ1) is 8.58. The van der Waals surface area contributed by atoms with Crippen molar-refractivity contribution < 1.29 is 4.79 Å². The van der Waals surface area contributed by atoms with E-state index < -0.39 is 0 Å². The standard InChI is InChI=1S/C14H17ClN2O/c1-10(2)5-6-17-13-4-3-12(15)7-11(13)8-16-9-14(17)18/h3-5,7,16H,6,8-9H2,1-2H3. The van der Waals surface area contributed by atoms with Crippen LogP contribution in [0.3, 0.4) is 0 Å². The van der Waals surface area contributed by atoms with Gasteiger partial charge in [-0.2, -0.15) is 0 Å². The van der Waals surface area contributed by atoms with E-state index in [9.17, 15) is 4.79 Å². The number of nitrogens with one attached hydrogen (secondary N) is 1. The molecule has 0 fully saturated rings. The van der Waals surface area contributed by atoms with Crippen LogP contribution in [0.4, 0.5) is 5.69 Å². The summed E-state index contributed by atoms with van der Waals surface area (Å²) in [5, 5.41) is 3.83. The van der Waals surface area contributed by atoms with Crippen LogP contribution in [0.2, 0.25) is 5.02 Å². The first kappa shape index (κ1) is 13.1. The Morgan fingerprint density at radius 1 is 1.44 bits per heavy atom. The van der Waals surface area contributed by atoms with E-state index in [2.05, 4.69) is 11.4 Å². The number of fused-ring (bicyclic) bond motifs is 1. The Labute approximate surface area is 112 Å². The lowest BCUT2D eigenvalue weighted by Gasteiger charge is -2.21. The minimum absolute atomic E-state index is 0.0913. The van der Waals surface area contributed by atoms with E-state index in [0.29, 0.717) is 24.7 Å². The molecular weight excluding hydrogens is 248 g/mol. The summed E-state index contributed by atoms with van der Waals surface area (Å²) in [5.74, 6) is 0.0913. The quantitative estimate of drug-likeness (QED) is 0.833. The highest BCUT2D eigenvalue weighted by Crippen LogP contribution is 2.26. The van der Waals surface area contributed by atoms with Gasteiger partial charge in [0.2, 0.25) is 5.91 Å². The van der Waals surface area contributed by atoms with Gasteiger partial charge in [0.15, 0.2) is 0 Å².